The monoisotopic (exact) mass is 264 g/mol. The summed E-state index contributed by atoms with van der Waals surface area (Å²) in [5.74, 6) is 1.70. The van der Waals surface area contributed by atoms with E-state index in [0.29, 0.717) is 13.2 Å². The Bertz CT molecular complexity index is 483. The summed E-state index contributed by atoms with van der Waals surface area (Å²) in [7, 11) is 1.88. The molecule has 0 spiro atoms. The summed E-state index contributed by atoms with van der Waals surface area (Å²) in [6.45, 7) is 1.20. The van der Waals surface area contributed by atoms with Crippen molar-refractivity contribution in [3.8, 4) is 5.75 Å². The molecule has 0 saturated carbocycles. The van der Waals surface area contributed by atoms with Gasteiger partial charge in [-0.15, -0.1) is 0 Å². The summed E-state index contributed by atoms with van der Waals surface area (Å²) in [6.07, 6.45) is 1.55. The molecule has 1 aromatic carbocycles. The Morgan fingerprint density at radius 3 is 2.72 bits per heavy atom. The van der Waals surface area contributed by atoms with Gasteiger partial charge in [-0.2, -0.15) is 5.10 Å². The number of benzene rings is 1. The first kappa shape index (κ1) is 12.9. The maximum Gasteiger partial charge on any atom is 0.185 e. The molecule has 2 aromatic rings. The Balaban J connectivity index is 1.73. The first-order chi connectivity index (χ1) is 8.79. The number of hydrogen-bond acceptors (Lipinski definition) is 5. The van der Waals surface area contributed by atoms with E-state index in [4.69, 9.17) is 10.5 Å². The number of aryl methyl sites for hydroxylation is 1. The molecule has 0 bridgehead atoms. The van der Waals surface area contributed by atoms with Crippen molar-refractivity contribution in [1.29, 1.82) is 0 Å². The maximum atomic E-state index is 5.62. The number of nitrogens with zero attached hydrogens (tertiary/aromatic N) is 3. The van der Waals surface area contributed by atoms with Crippen LogP contribution in [0, 0.1) is 0 Å². The third-order valence-corrected chi connectivity index (χ3v) is 3.41. The maximum absolute atomic E-state index is 5.62. The number of hydrogen-bond donors (Lipinski definition) is 1. The minimum Gasteiger partial charge on any atom is -0.493 e. The van der Waals surface area contributed by atoms with E-state index < -0.39 is 0 Å². The lowest BCUT2D eigenvalue weighted by Crippen LogP contribution is -2.02. The van der Waals surface area contributed by atoms with Gasteiger partial charge in [-0.25, -0.2) is 9.67 Å². The highest BCUT2D eigenvalue weighted by Gasteiger charge is 2.01. The van der Waals surface area contributed by atoms with Crippen LogP contribution >= 0.6 is 11.8 Å². The van der Waals surface area contributed by atoms with Crippen molar-refractivity contribution in [2.45, 2.75) is 11.7 Å². The van der Waals surface area contributed by atoms with Crippen LogP contribution in [0.1, 0.15) is 5.56 Å². The average Bonchev–Trinajstić information content (AvgIpc) is 2.81. The number of thioether (sulfide) groups is 1. The van der Waals surface area contributed by atoms with Crippen LogP contribution in [-0.2, 0) is 13.6 Å². The van der Waals surface area contributed by atoms with E-state index in [1.807, 2.05) is 31.3 Å². The molecule has 0 radical (unpaired) electrons. The van der Waals surface area contributed by atoms with Crippen molar-refractivity contribution in [3.05, 3.63) is 36.2 Å². The largest absolute Gasteiger partial charge is 0.493 e. The van der Waals surface area contributed by atoms with E-state index in [2.05, 4.69) is 10.1 Å². The first-order valence-corrected chi connectivity index (χ1v) is 6.67. The molecule has 0 aliphatic rings. The van der Waals surface area contributed by atoms with E-state index in [1.165, 1.54) is 0 Å². The van der Waals surface area contributed by atoms with E-state index in [1.54, 1.807) is 22.8 Å². The SMILES string of the molecule is Cn1ncnc1SCCOc1ccc(CN)cc1. The number of nitrogens with two attached hydrogens (primary N) is 1. The van der Waals surface area contributed by atoms with Crippen LogP contribution in [0.5, 0.6) is 5.75 Å². The smallest absolute Gasteiger partial charge is 0.185 e. The molecule has 2 rings (SSSR count). The topological polar surface area (TPSA) is 66.0 Å². The lowest BCUT2D eigenvalue weighted by atomic mass is 10.2. The molecule has 0 atom stereocenters. The Kier molecular flexibility index (Phi) is 4.60. The summed E-state index contributed by atoms with van der Waals surface area (Å²) < 4.78 is 7.38. The summed E-state index contributed by atoms with van der Waals surface area (Å²) in [6, 6.07) is 7.83. The van der Waals surface area contributed by atoms with Crippen molar-refractivity contribution >= 4 is 11.8 Å². The van der Waals surface area contributed by atoms with E-state index >= 15 is 0 Å². The minimum atomic E-state index is 0.558. The number of ether oxygens (including phenoxy) is 1. The van der Waals surface area contributed by atoms with Crippen molar-refractivity contribution in [2.75, 3.05) is 12.4 Å². The fourth-order valence-corrected chi connectivity index (χ4v) is 2.14. The summed E-state index contributed by atoms with van der Waals surface area (Å²) in [5.41, 5.74) is 6.64. The molecule has 0 aliphatic carbocycles. The molecule has 0 unspecified atom stereocenters. The molecule has 0 saturated heterocycles. The molecule has 18 heavy (non-hydrogen) atoms. The van der Waals surface area contributed by atoms with Crippen LogP contribution < -0.4 is 10.5 Å². The van der Waals surface area contributed by atoms with Gasteiger partial charge in [0.25, 0.3) is 0 Å². The van der Waals surface area contributed by atoms with E-state index in [9.17, 15) is 0 Å². The van der Waals surface area contributed by atoms with Crippen molar-refractivity contribution in [1.82, 2.24) is 14.8 Å². The Labute approximate surface area is 110 Å². The van der Waals surface area contributed by atoms with Gasteiger partial charge in [-0.05, 0) is 17.7 Å². The van der Waals surface area contributed by atoms with Crippen LogP contribution in [-0.4, -0.2) is 27.1 Å². The van der Waals surface area contributed by atoms with Gasteiger partial charge in [0.15, 0.2) is 5.16 Å². The predicted octanol–water partition coefficient (Wildman–Crippen LogP) is 1.44. The second kappa shape index (κ2) is 6.42. The van der Waals surface area contributed by atoms with Gasteiger partial charge in [0.05, 0.1) is 6.61 Å². The lowest BCUT2D eigenvalue weighted by Gasteiger charge is -2.06. The standard InChI is InChI=1S/C12H16N4OS/c1-16-12(14-9-15-16)18-7-6-17-11-4-2-10(8-13)3-5-11/h2-5,9H,6-8,13H2,1H3. The summed E-state index contributed by atoms with van der Waals surface area (Å²) in [4.78, 5) is 4.13. The highest BCUT2D eigenvalue weighted by atomic mass is 32.2. The highest BCUT2D eigenvalue weighted by Crippen LogP contribution is 2.15. The zero-order valence-electron chi connectivity index (χ0n) is 10.2. The Hall–Kier alpha value is -1.53. The van der Waals surface area contributed by atoms with Crippen molar-refractivity contribution < 1.29 is 4.74 Å². The highest BCUT2D eigenvalue weighted by molar-refractivity contribution is 7.99. The molecule has 2 N–H and O–H groups in total. The van der Waals surface area contributed by atoms with Crippen LogP contribution in [0.3, 0.4) is 0 Å². The van der Waals surface area contributed by atoms with Crippen LogP contribution in [0.4, 0.5) is 0 Å². The summed E-state index contributed by atoms with van der Waals surface area (Å²) in [5, 5.41) is 4.90. The molecule has 6 heteroatoms. The molecule has 5 nitrogen and oxygen atoms in total. The van der Waals surface area contributed by atoms with Crippen molar-refractivity contribution in [2.24, 2.45) is 12.8 Å². The van der Waals surface area contributed by atoms with Gasteiger partial charge in [0, 0.05) is 19.3 Å². The molecule has 0 fully saturated rings. The Morgan fingerprint density at radius 2 is 2.11 bits per heavy atom. The van der Waals surface area contributed by atoms with E-state index in [-0.39, 0.29) is 0 Å². The van der Waals surface area contributed by atoms with Gasteiger partial charge >= 0.3 is 0 Å². The fraction of sp³-hybridized carbons (Fsp3) is 0.333. The summed E-state index contributed by atoms with van der Waals surface area (Å²) >= 11 is 1.62. The minimum absolute atomic E-state index is 0.558. The third kappa shape index (κ3) is 3.48. The number of rotatable bonds is 6. The van der Waals surface area contributed by atoms with Gasteiger partial charge < -0.3 is 10.5 Å². The zero-order valence-corrected chi connectivity index (χ0v) is 11.1. The van der Waals surface area contributed by atoms with Crippen LogP contribution in [0.2, 0.25) is 0 Å². The Morgan fingerprint density at radius 1 is 1.33 bits per heavy atom. The van der Waals surface area contributed by atoms with Crippen LogP contribution in [0.25, 0.3) is 0 Å². The molecular formula is C12H16N4OS. The second-order valence-electron chi connectivity index (χ2n) is 3.71. The first-order valence-electron chi connectivity index (χ1n) is 5.68. The van der Waals surface area contributed by atoms with Gasteiger partial charge in [0.1, 0.15) is 12.1 Å². The average molecular weight is 264 g/mol. The molecule has 1 heterocycles. The predicted molar refractivity (Wildman–Crippen MR) is 71.6 cm³/mol. The molecule has 0 amide bonds. The zero-order chi connectivity index (χ0) is 12.8. The molecule has 96 valence electrons. The van der Waals surface area contributed by atoms with E-state index in [0.717, 1.165) is 22.2 Å². The van der Waals surface area contributed by atoms with Gasteiger partial charge in [0.2, 0.25) is 0 Å². The fourth-order valence-electron chi connectivity index (χ4n) is 1.43. The molecule has 0 aliphatic heterocycles. The second-order valence-corrected chi connectivity index (χ2v) is 4.77. The quantitative estimate of drug-likeness (QED) is 0.632. The van der Waals surface area contributed by atoms with Gasteiger partial charge in [-0.1, -0.05) is 23.9 Å². The van der Waals surface area contributed by atoms with Crippen molar-refractivity contribution in [3.63, 3.8) is 0 Å². The normalized spacial score (nSPS) is 10.6. The third-order valence-electron chi connectivity index (χ3n) is 2.41. The van der Waals surface area contributed by atoms with Gasteiger partial charge in [-0.3, -0.25) is 0 Å². The lowest BCUT2D eigenvalue weighted by molar-refractivity contribution is 0.343. The van der Waals surface area contributed by atoms with Crippen LogP contribution in [0.15, 0.2) is 35.7 Å². The molecule has 1 aromatic heterocycles. The number of aromatic nitrogens is 3. The molecular weight excluding hydrogens is 248 g/mol.